The van der Waals surface area contributed by atoms with E-state index in [1.54, 1.807) is 38.1 Å². The largest absolute Gasteiger partial charge is 0.493 e. The number of hydrogen-bond acceptors (Lipinski definition) is 11. The molecule has 4 aromatic carbocycles. The molecule has 0 bridgehead atoms. The first-order valence-electron chi connectivity index (χ1n) is 15.4. The van der Waals surface area contributed by atoms with Gasteiger partial charge in [-0.25, -0.2) is 14.4 Å². The van der Waals surface area contributed by atoms with Gasteiger partial charge in [0.15, 0.2) is 11.5 Å². The van der Waals surface area contributed by atoms with Gasteiger partial charge in [0.1, 0.15) is 0 Å². The highest BCUT2D eigenvalue weighted by molar-refractivity contribution is 6.05. The maximum Gasteiger partial charge on any atom is 0.349 e. The van der Waals surface area contributed by atoms with Crippen molar-refractivity contribution >= 4 is 41.3 Å². The van der Waals surface area contributed by atoms with Gasteiger partial charge in [0.25, 0.3) is 17.7 Å². The van der Waals surface area contributed by atoms with Crippen molar-refractivity contribution in [3.05, 3.63) is 118 Å². The summed E-state index contributed by atoms with van der Waals surface area (Å²) < 4.78 is 26.3. The fourth-order valence-corrected chi connectivity index (χ4v) is 4.62. The standard InChI is InChI=1S/C37H35N3O12/c1-20-6-10-23(11-7-20)36(46)51-30(31(35(44)45)52-37(47)24-12-8-21(2)9-13-24)34(43)40-39-33(42)22-14-16-26(17-15-22)38-32(41)25-18-27(48-3)29(50-5)28(19-25)49-4/h6-19,30-31H,1-5H3,(H,38,41)(H,39,42)(H,40,43)(H,44,45)/t30-,31-/m1/s1. The molecule has 15 heteroatoms. The normalized spacial score (nSPS) is 11.6. The summed E-state index contributed by atoms with van der Waals surface area (Å²) >= 11 is 0. The van der Waals surface area contributed by atoms with Crippen molar-refractivity contribution in [1.82, 2.24) is 10.9 Å². The van der Waals surface area contributed by atoms with Crippen LogP contribution in [0.2, 0.25) is 0 Å². The van der Waals surface area contributed by atoms with Gasteiger partial charge < -0.3 is 34.1 Å². The third-order valence-corrected chi connectivity index (χ3v) is 7.45. The summed E-state index contributed by atoms with van der Waals surface area (Å²) in [7, 11) is 4.25. The Labute approximate surface area is 297 Å². The predicted octanol–water partition coefficient (Wildman–Crippen LogP) is 3.88. The molecule has 2 atom stereocenters. The number of anilines is 1. The molecule has 270 valence electrons. The number of ether oxygens (including phenoxy) is 5. The SMILES string of the molecule is COc1cc(C(=O)Nc2ccc(C(=O)NNC(=O)[C@H](OC(=O)c3ccc(C)cc3)[C@@H](OC(=O)c3ccc(C)cc3)C(=O)O)cc2)cc(OC)c1OC. The van der Waals surface area contributed by atoms with Crippen LogP contribution < -0.4 is 30.4 Å². The lowest BCUT2D eigenvalue weighted by Gasteiger charge is -2.23. The first kappa shape index (κ1) is 37.9. The number of esters is 2. The van der Waals surface area contributed by atoms with Crippen molar-refractivity contribution in [1.29, 1.82) is 0 Å². The van der Waals surface area contributed by atoms with E-state index in [-0.39, 0.29) is 33.8 Å². The highest BCUT2D eigenvalue weighted by atomic mass is 16.6. The van der Waals surface area contributed by atoms with Crippen molar-refractivity contribution in [2.45, 2.75) is 26.1 Å². The number of aliphatic carboxylic acids is 1. The average molecular weight is 714 g/mol. The molecule has 15 nitrogen and oxygen atoms in total. The Morgan fingerprint density at radius 1 is 0.558 bits per heavy atom. The van der Waals surface area contributed by atoms with Gasteiger partial charge in [0, 0.05) is 16.8 Å². The van der Waals surface area contributed by atoms with E-state index in [1.807, 2.05) is 5.43 Å². The lowest BCUT2D eigenvalue weighted by molar-refractivity contribution is -0.159. The van der Waals surface area contributed by atoms with Crippen molar-refractivity contribution in [3.8, 4) is 17.2 Å². The minimum absolute atomic E-state index is 0.0138. The maximum absolute atomic E-state index is 13.3. The minimum atomic E-state index is -2.31. The van der Waals surface area contributed by atoms with E-state index in [2.05, 4.69) is 10.7 Å². The molecule has 52 heavy (non-hydrogen) atoms. The number of methoxy groups -OCH3 is 3. The van der Waals surface area contributed by atoms with E-state index in [0.717, 1.165) is 11.1 Å². The molecular formula is C37H35N3O12. The van der Waals surface area contributed by atoms with Gasteiger partial charge in [0.05, 0.1) is 32.5 Å². The van der Waals surface area contributed by atoms with E-state index in [1.165, 1.54) is 82.0 Å². The zero-order valence-electron chi connectivity index (χ0n) is 28.7. The van der Waals surface area contributed by atoms with Crippen LogP contribution in [0.25, 0.3) is 0 Å². The molecule has 0 aliphatic rings. The molecule has 3 amide bonds. The van der Waals surface area contributed by atoms with Crippen LogP contribution >= 0.6 is 0 Å². The Hall–Kier alpha value is -6.90. The zero-order chi connectivity index (χ0) is 37.9. The Bertz CT molecular complexity index is 1930. The molecule has 0 aromatic heterocycles. The molecule has 0 aliphatic carbocycles. The third-order valence-electron chi connectivity index (χ3n) is 7.45. The summed E-state index contributed by atoms with van der Waals surface area (Å²) in [5.74, 6) is -5.83. The topological polar surface area (TPSA) is 205 Å². The molecule has 4 N–H and O–H groups in total. The number of aryl methyl sites for hydroxylation is 2. The first-order valence-corrected chi connectivity index (χ1v) is 15.4. The highest BCUT2D eigenvalue weighted by Crippen LogP contribution is 2.38. The Kier molecular flexibility index (Phi) is 12.5. The highest BCUT2D eigenvalue weighted by Gasteiger charge is 2.41. The van der Waals surface area contributed by atoms with Crippen LogP contribution in [0.5, 0.6) is 17.2 Å². The van der Waals surface area contributed by atoms with E-state index in [0.29, 0.717) is 11.4 Å². The number of carboxylic acids is 1. The van der Waals surface area contributed by atoms with E-state index < -0.39 is 47.8 Å². The summed E-state index contributed by atoms with van der Waals surface area (Å²) in [5, 5.41) is 12.6. The number of hydrazine groups is 1. The van der Waals surface area contributed by atoms with E-state index >= 15 is 0 Å². The number of amides is 3. The number of rotatable bonds is 13. The second kappa shape index (κ2) is 17.2. The molecule has 0 fully saturated rings. The molecule has 0 radical (unpaired) electrons. The van der Waals surface area contributed by atoms with Crippen LogP contribution in [0.4, 0.5) is 5.69 Å². The Morgan fingerprint density at radius 2 is 1.02 bits per heavy atom. The predicted molar refractivity (Wildman–Crippen MR) is 185 cm³/mol. The fraction of sp³-hybridized carbons (Fsp3) is 0.189. The molecule has 0 saturated carbocycles. The van der Waals surface area contributed by atoms with Gasteiger partial charge in [-0.1, -0.05) is 35.4 Å². The molecule has 4 aromatic rings. The van der Waals surface area contributed by atoms with Gasteiger partial charge in [-0.2, -0.15) is 0 Å². The van der Waals surface area contributed by atoms with E-state index in [4.69, 9.17) is 23.7 Å². The van der Waals surface area contributed by atoms with Crippen molar-refractivity contribution < 1.29 is 57.6 Å². The van der Waals surface area contributed by atoms with Crippen molar-refractivity contribution in [2.24, 2.45) is 0 Å². The summed E-state index contributed by atoms with van der Waals surface area (Å²) in [5.41, 5.74) is 6.27. The van der Waals surface area contributed by atoms with E-state index in [9.17, 15) is 33.9 Å². The number of nitrogens with one attached hydrogen (secondary N) is 3. The molecule has 0 aliphatic heterocycles. The average Bonchev–Trinajstić information content (AvgIpc) is 3.14. The fourth-order valence-electron chi connectivity index (χ4n) is 4.62. The molecular weight excluding hydrogens is 678 g/mol. The molecule has 0 heterocycles. The molecule has 0 spiro atoms. The minimum Gasteiger partial charge on any atom is -0.493 e. The summed E-state index contributed by atoms with van der Waals surface area (Å²) in [6.45, 7) is 3.56. The zero-order valence-corrected chi connectivity index (χ0v) is 28.7. The molecule has 0 saturated heterocycles. The smallest absolute Gasteiger partial charge is 0.349 e. The van der Waals surface area contributed by atoms with Crippen LogP contribution in [0.15, 0.2) is 84.9 Å². The van der Waals surface area contributed by atoms with Crippen LogP contribution in [-0.2, 0) is 19.1 Å². The molecule has 0 unspecified atom stereocenters. The van der Waals surface area contributed by atoms with Crippen LogP contribution in [-0.4, -0.2) is 74.3 Å². The third kappa shape index (κ3) is 9.41. The summed E-state index contributed by atoms with van der Waals surface area (Å²) in [6, 6.07) is 20.4. The van der Waals surface area contributed by atoms with Crippen LogP contribution in [0.3, 0.4) is 0 Å². The first-order chi connectivity index (χ1) is 24.8. The van der Waals surface area contributed by atoms with Gasteiger partial charge in [-0.3, -0.25) is 25.2 Å². The summed E-state index contributed by atoms with van der Waals surface area (Å²) in [6.07, 6.45) is -4.55. The second-order valence-electron chi connectivity index (χ2n) is 11.1. The van der Waals surface area contributed by atoms with Crippen LogP contribution in [0.1, 0.15) is 52.6 Å². The van der Waals surface area contributed by atoms with Gasteiger partial charge >= 0.3 is 17.9 Å². The quantitative estimate of drug-likeness (QED) is 0.115. The van der Waals surface area contributed by atoms with Gasteiger partial charge in [-0.15, -0.1) is 0 Å². The lowest BCUT2D eigenvalue weighted by atomic mass is 10.1. The monoisotopic (exact) mass is 713 g/mol. The molecule has 4 rings (SSSR count). The number of carbonyl (C=O) groups excluding carboxylic acids is 5. The van der Waals surface area contributed by atoms with Crippen molar-refractivity contribution in [3.63, 3.8) is 0 Å². The Balaban J connectivity index is 1.47. The number of carboxylic acid groups (broad SMARTS) is 1. The maximum atomic E-state index is 13.3. The van der Waals surface area contributed by atoms with Gasteiger partial charge in [0.2, 0.25) is 18.0 Å². The number of carbonyl (C=O) groups is 6. The Morgan fingerprint density at radius 3 is 1.46 bits per heavy atom. The van der Waals surface area contributed by atoms with Crippen molar-refractivity contribution in [2.75, 3.05) is 26.6 Å². The lowest BCUT2D eigenvalue weighted by Crippen LogP contribution is -2.54. The van der Waals surface area contributed by atoms with Gasteiger partial charge in [-0.05, 0) is 74.5 Å². The number of hydrogen-bond donors (Lipinski definition) is 4. The summed E-state index contributed by atoms with van der Waals surface area (Å²) in [4.78, 5) is 77.3. The number of benzene rings is 4. The van der Waals surface area contributed by atoms with Crippen LogP contribution in [0, 0.1) is 13.8 Å². The second-order valence-corrected chi connectivity index (χ2v) is 11.1.